The van der Waals surface area contributed by atoms with Crippen molar-refractivity contribution in [2.75, 3.05) is 13.2 Å². The van der Waals surface area contributed by atoms with Crippen LogP contribution < -0.4 is 15.4 Å². The zero-order valence-electron chi connectivity index (χ0n) is 15.1. The van der Waals surface area contributed by atoms with Crippen LogP contribution in [0.5, 0.6) is 5.75 Å². The fraction of sp³-hybridized carbons (Fsp3) is 0.316. The molecule has 0 bridgehead atoms. The molecule has 7 nitrogen and oxygen atoms in total. The minimum absolute atomic E-state index is 0.0667. The lowest BCUT2D eigenvalue weighted by atomic mass is 10.1. The van der Waals surface area contributed by atoms with E-state index in [9.17, 15) is 14.4 Å². The van der Waals surface area contributed by atoms with Crippen LogP contribution in [0, 0.1) is 0 Å². The first kappa shape index (κ1) is 20.5. The Bertz CT molecular complexity index is 840. The fourth-order valence-corrected chi connectivity index (χ4v) is 2.44. The molecule has 2 rings (SSSR count). The molecule has 0 aliphatic carbocycles. The first-order chi connectivity index (χ1) is 12.9. The Balaban J connectivity index is 1.81. The molecule has 2 aromatic rings. The average molecular weight is 393 g/mol. The van der Waals surface area contributed by atoms with E-state index in [0.717, 1.165) is 17.2 Å². The molecule has 0 fully saturated rings. The topological polar surface area (TPSA) is 93.7 Å². The number of esters is 1. The number of fused-ring (bicyclic) bond motifs is 1. The van der Waals surface area contributed by atoms with Crippen molar-refractivity contribution in [3.63, 3.8) is 0 Å². The summed E-state index contributed by atoms with van der Waals surface area (Å²) in [6.45, 7) is 2.76. The van der Waals surface area contributed by atoms with Crippen molar-refractivity contribution in [1.82, 2.24) is 10.6 Å². The van der Waals surface area contributed by atoms with Crippen molar-refractivity contribution in [2.24, 2.45) is 0 Å². The van der Waals surface area contributed by atoms with Crippen LogP contribution in [0.2, 0.25) is 5.02 Å². The summed E-state index contributed by atoms with van der Waals surface area (Å²) in [5.41, 5.74) is 0. The number of rotatable bonds is 7. The van der Waals surface area contributed by atoms with Crippen LogP contribution >= 0.6 is 11.6 Å². The number of carbonyl (C=O) groups excluding carboxylic acids is 3. The van der Waals surface area contributed by atoms with Gasteiger partial charge < -0.3 is 14.8 Å². The molecule has 144 valence electrons. The predicted octanol–water partition coefficient (Wildman–Crippen LogP) is 3.04. The van der Waals surface area contributed by atoms with Gasteiger partial charge >= 0.3 is 12.0 Å². The van der Waals surface area contributed by atoms with Gasteiger partial charge in [-0.25, -0.2) is 9.59 Å². The summed E-state index contributed by atoms with van der Waals surface area (Å²) in [6.07, 6.45) is 0.729. The maximum Gasteiger partial charge on any atom is 0.344 e. The largest absolute Gasteiger partial charge is 0.481 e. The molecule has 0 heterocycles. The van der Waals surface area contributed by atoms with E-state index in [1.165, 1.54) is 0 Å². The first-order valence-corrected chi connectivity index (χ1v) is 8.84. The van der Waals surface area contributed by atoms with Gasteiger partial charge in [0.05, 0.1) is 0 Å². The number of halogens is 1. The van der Waals surface area contributed by atoms with E-state index in [0.29, 0.717) is 10.8 Å². The second-order valence-electron chi connectivity index (χ2n) is 5.87. The summed E-state index contributed by atoms with van der Waals surface area (Å²) < 4.78 is 10.3. The van der Waals surface area contributed by atoms with Crippen LogP contribution in [0.15, 0.2) is 36.4 Å². The van der Waals surface area contributed by atoms with Gasteiger partial charge in [-0.05, 0) is 25.5 Å². The van der Waals surface area contributed by atoms with Gasteiger partial charge in [0.1, 0.15) is 5.75 Å². The van der Waals surface area contributed by atoms with Crippen LogP contribution in [-0.4, -0.2) is 37.2 Å². The normalized spacial score (nSPS) is 11.5. The van der Waals surface area contributed by atoms with Gasteiger partial charge in [-0.3, -0.25) is 10.1 Å². The lowest BCUT2D eigenvalue weighted by molar-refractivity contribution is -0.150. The molecule has 0 aromatic heterocycles. The third-order valence-electron chi connectivity index (χ3n) is 3.78. The highest BCUT2D eigenvalue weighted by Gasteiger charge is 2.13. The number of ether oxygens (including phenoxy) is 2. The molecule has 8 heteroatoms. The van der Waals surface area contributed by atoms with Gasteiger partial charge in [-0.15, -0.1) is 0 Å². The molecule has 0 radical (unpaired) electrons. The van der Waals surface area contributed by atoms with Gasteiger partial charge in [0.25, 0.3) is 5.91 Å². The molecule has 0 aliphatic rings. The number of hydrogen-bond acceptors (Lipinski definition) is 5. The van der Waals surface area contributed by atoms with Crippen LogP contribution in [0.4, 0.5) is 4.79 Å². The molecule has 3 amide bonds. The van der Waals surface area contributed by atoms with Gasteiger partial charge in [0, 0.05) is 21.8 Å². The van der Waals surface area contributed by atoms with Crippen LogP contribution in [-0.2, 0) is 14.3 Å². The standard InChI is InChI=1S/C19H21ClN2O5/c1-3-12(2)21-19(25)22-17(23)10-27-18(24)11-26-16-9-8-15(20)13-6-4-5-7-14(13)16/h4-9,12H,3,10-11H2,1-2H3,(H2,21,22,23,25)/t12-/m0/s1. The van der Waals surface area contributed by atoms with Gasteiger partial charge in [-0.1, -0.05) is 42.8 Å². The summed E-state index contributed by atoms with van der Waals surface area (Å²) >= 11 is 6.13. The van der Waals surface area contributed by atoms with E-state index >= 15 is 0 Å². The van der Waals surface area contributed by atoms with E-state index in [4.69, 9.17) is 21.1 Å². The maximum absolute atomic E-state index is 11.8. The lowest BCUT2D eigenvalue weighted by Gasteiger charge is -2.12. The maximum atomic E-state index is 11.8. The highest BCUT2D eigenvalue weighted by atomic mass is 35.5. The van der Waals surface area contributed by atoms with Crippen molar-refractivity contribution in [3.8, 4) is 5.75 Å². The highest BCUT2D eigenvalue weighted by molar-refractivity contribution is 6.35. The van der Waals surface area contributed by atoms with Gasteiger partial charge in [0.15, 0.2) is 13.2 Å². The number of imide groups is 1. The number of benzene rings is 2. The van der Waals surface area contributed by atoms with Gasteiger partial charge in [-0.2, -0.15) is 0 Å². The number of amides is 3. The summed E-state index contributed by atoms with van der Waals surface area (Å²) in [4.78, 5) is 34.9. The molecule has 0 unspecified atom stereocenters. The van der Waals surface area contributed by atoms with Crippen molar-refractivity contribution >= 4 is 40.3 Å². The number of hydrogen-bond donors (Lipinski definition) is 2. The molecule has 0 saturated heterocycles. The van der Waals surface area contributed by atoms with Crippen molar-refractivity contribution in [1.29, 1.82) is 0 Å². The molecule has 2 N–H and O–H groups in total. The third kappa shape index (κ3) is 6.14. The number of carbonyl (C=O) groups is 3. The van der Waals surface area contributed by atoms with E-state index in [1.54, 1.807) is 12.1 Å². The van der Waals surface area contributed by atoms with E-state index in [1.807, 2.05) is 38.1 Å². The smallest absolute Gasteiger partial charge is 0.344 e. The quantitative estimate of drug-likeness (QED) is 0.706. The summed E-state index contributed by atoms with van der Waals surface area (Å²) in [7, 11) is 0. The summed E-state index contributed by atoms with van der Waals surface area (Å²) in [5, 5.41) is 6.79. The number of urea groups is 1. The highest BCUT2D eigenvalue weighted by Crippen LogP contribution is 2.31. The Morgan fingerprint density at radius 1 is 1.07 bits per heavy atom. The zero-order valence-corrected chi connectivity index (χ0v) is 15.8. The average Bonchev–Trinajstić information content (AvgIpc) is 2.65. The second-order valence-corrected chi connectivity index (χ2v) is 6.28. The van der Waals surface area contributed by atoms with Gasteiger partial charge in [0.2, 0.25) is 0 Å². The molecule has 2 aromatic carbocycles. The molecule has 1 atom stereocenters. The van der Waals surface area contributed by atoms with E-state index < -0.39 is 24.5 Å². The monoisotopic (exact) mass is 392 g/mol. The Morgan fingerprint density at radius 3 is 2.48 bits per heavy atom. The Kier molecular flexibility index (Phi) is 7.43. The second kappa shape index (κ2) is 9.78. The SMILES string of the molecule is CC[C@H](C)NC(=O)NC(=O)COC(=O)COc1ccc(Cl)c2ccccc12. The molecule has 0 spiro atoms. The minimum atomic E-state index is -0.730. The summed E-state index contributed by atoms with van der Waals surface area (Å²) in [5.74, 6) is -0.975. The molecular weight excluding hydrogens is 372 g/mol. The van der Waals surface area contributed by atoms with Crippen LogP contribution in [0.25, 0.3) is 10.8 Å². The van der Waals surface area contributed by atoms with Crippen LogP contribution in [0.1, 0.15) is 20.3 Å². The van der Waals surface area contributed by atoms with Crippen molar-refractivity contribution < 1.29 is 23.9 Å². The molecule has 0 aliphatic heterocycles. The molecular formula is C19H21ClN2O5. The van der Waals surface area contributed by atoms with Crippen LogP contribution in [0.3, 0.4) is 0 Å². The lowest BCUT2D eigenvalue weighted by Crippen LogP contribution is -2.44. The van der Waals surface area contributed by atoms with E-state index in [2.05, 4.69) is 10.6 Å². The number of nitrogens with one attached hydrogen (secondary N) is 2. The van der Waals surface area contributed by atoms with Crippen molar-refractivity contribution in [2.45, 2.75) is 26.3 Å². The third-order valence-corrected chi connectivity index (χ3v) is 4.11. The first-order valence-electron chi connectivity index (χ1n) is 8.46. The Hall–Kier alpha value is -2.80. The van der Waals surface area contributed by atoms with E-state index in [-0.39, 0.29) is 12.6 Å². The van der Waals surface area contributed by atoms with Crippen molar-refractivity contribution in [3.05, 3.63) is 41.4 Å². The fourth-order valence-electron chi connectivity index (χ4n) is 2.21. The minimum Gasteiger partial charge on any atom is -0.481 e. The Labute approximate surface area is 162 Å². The Morgan fingerprint density at radius 2 is 1.78 bits per heavy atom. The molecule has 0 saturated carbocycles. The predicted molar refractivity (Wildman–Crippen MR) is 102 cm³/mol. The summed E-state index contributed by atoms with van der Waals surface area (Å²) in [6, 6.07) is 9.99. The zero-order chi connectivity index (χ0) is 19.8. The molecule has 27 heavy (non-hydrogen) atoms.